The molecule has 0 bridgehead atoms. The van der Waals surface area contributed by atoms with Gasteiger partial charge in [0.25, 0.3) is 0 Å². The fourth-order valence-electron chi connectivity index (χ4n) is 3.27. The van der Waals surface area contributed by atoms with Crippen molar-refractivity contribution in [3.8, 4) is 0 Å². The molecule has 0 aliphatic carbocycles. The fourth-order valence-corrected chi connectivity index (χ4v) is 3.67. The van der Waals surface area contributed by atoms with E-state index in [0.29, 0.717) is 6.04 Å². The average Bonchev–Trinajstić information content (AvgIpc) is 2.58. The summed E-state index contributed by atoms with van der Waals surface area (Å²) in [5, 5.41) is 3.67. The molecule has 0 radical (unpaired) electrons. The summed E-state index contributed by atoms with van der Waals surface area (Å²) < 4.78 is 1.14. The summed E-state index contributed by atoms with van der Waals surface area (Å²) in [4.78, 5) is 2.61. The molecule has 0 amide bonds. The molecule has 1 aliphatic rings. The van der Waals surface area contributed by atoms with E-state index < -0.39 is 0 Å². The molecule has 1 fully saturated rings. The Balaban J connectivity index is 1.37. The van der Waals surface area contributed by atoms with Gasteiger partial charge in [-0.1, -0.05) is 52.3 Å². The molecule has 1 aliphatic heterocycles. The van der Waals surface area contributed by atoms with Gasteiger partial charge in [0, 0.05) is 29.3 Å². The largest absolute Gasteiger partial charge is 0.382 e. The van der Waals surface area contributed by atoms with E-state index in [1.807, 2.05) is 0 Å². The summed E-state index contributed by atoms with van der Waals surface area (Å²) in [7, 11) is 0. The van der Waals surface area contributed by atoms with Crippen LogP contribution < -0.4 is 5.32 Å². The first-order chi connectivity index (χ1) is 11.3. The predicted octanol–water partition coefficient (Wildman–Crippen LogP) is 4.96. The Morgan fingerprint density at radius 1 is 1.00 bits per heavy atom. The van der Waals surface area contributed by atoms with Gasteiger partial charge in [-0.2, -0.15) is 0 Å². The first-order valence-electron chi connectivity index (χ1n) is 8.58. The van der Waals surface area contributed by atoms with Crippen LogP contribution in [0.2, 0.25) is 0 Å². The van der Waals surface area contributed by atoms with Crippen LogP contribution in [0.4, 0.5) is 5.69 Å². The molecule has 1 heterocycles. The molecule has 23 heavy (non-hydrogen) atoms. The second-order valence-corrected chi connectivity index (χ2v) is 7.28. The van der Waals surface area contributed by atoms with Crippen molar-refractivity contribution >= 4 is 21.6 Å². The van der Waals surface area contributed by atoms with Gasteiger partial charge in [0.15, 0.2) is 0 Å². The van der Waals surface area contributed by atoms with E-state index in [1.54, 1.807) is 0 Å². The Hall–Kier alpha value is -1.32. The molecule has 0 unspecified atom stereocenters. The minimum atomic E-state index is 0.606. The SMILES string of the molecule is Brc1cccc(NC2CCN(CCCc3ccccc3)CC2)c1. The molecule has 0 atom stereocenters. The van der Waals surface area contributed by atoms with E-state index in [9.17, 15) is 0 Å². The smallest absolute Gasteiger partial charge is 0.0353 e. The minimum absolute atomic E-state index is 0.606. The van der Waals surface area contributed by atoms with Crippen molar-refractivity contribution in [2.45, 2.75) is 31.7 Å². The number of aryl methyl sites for hydroxylation is 1. The van der Waals surface area contributed by atoms with E-state index in [1.165, 1.54) is 56.6 Å². The number of hydrogen-bond donors (Lipinski definition) is 1. The highest BCUT2D eigenvalue weighted by molar-refractivity contribution is 9.10. The number of halogens is 1. The first-order valence-corrected chi connectivity index (χ1v) is 9.37. The number of nitrogens with one attached hydrogen (secondary N) is 1. The Bertz CT molecular complexity index is 592. The average molecular weight is 373 g/mol. The molecular weight excluding hydrogens is 348 g/mol. The molecule has 2 nitrogen and oxygen atoms in total. The Kier molecular flexibility index (Phi) is 6.12. The lowest BCUT2D eigenvalue weighted by Crippen LogP contribution is -2.39. The summed E-state index contributed by atoms with van der Waals surface area (Å²) in [6, 6.07) is 19.9. The summed E-state index contributed by atoms with van der Waals surface area (Å²) in [5.74, 6) is 0. The van der Waals surface area contributed by atoms with E-state index in [0.717, 1.165) is 4.47 Å². The number of nitrogens with zero attached hydrogens (tertiary/aromatic N) is 1. The van der Waals surface area contributed by atoms with Gasteiger partial charge in [-0.05, 0) is 56.0 Å². The number of rotatable bonds is 6. The molecule has 0 saturated carbocycles. The second kappa shape index (κ2) is 8.51. The fraction of sp³-hybridized carbons (Fsp3) is 0.400. The molecule has 2 aromatic carbocycles. The number of benzene rings is 2. The van der Waals surface area contributed by atoms with Gasteiger partial charge in [0.05, 0.1) is 0 Å². The number of likely N-dealkylation sites (tertiary alicyclic amines) is 1. The molecule has 122 valence electrons. The zero-order valence-corrected chi connectivity index (χ0v) is 15.1. The third-order valence-corrected chi connectivity index (χ3v) is 5.06. The van der Waals surface area contributed by atoms with Crippen molar-refractivity contribution in [3.05, 3.63) is 64.6 Å². The highest BCUT2D eigenvalue weighted by Crippen LogP contribution is 2.20. The van der Waals surface area contributed by atoms with E-state index >= 15 is 0 Å². The monoisotopic (exact) mass is 372 g/mol. The van der Waals surface area contributed by atoms with Crippen molar-refractivity contribution < 1.29 is 0 Å². The molecule has 3 rings (SSSR count). The predicted molar refractivity (Wildman–Crippen MR) is 102 cm³/mol. The molecule has 3 heteroatoms. The van der Waals surface area contributed by atoms with Gasteiger partial charge in [-0.3, -0.25) is 0 Å². The van der Waals surface area contributed by atoms with Crippen molar-refractivity contribution in [2.75, 3.05) is 25.0 Å². The maximum absolute atomic E-state index is 3.67. The second-order valence-electron chi connectivity index (χ2n) is 6.36. The molecule has 0 spiro atoms. The Labute approximate surface area is 148 Å². The summed E-state index contributed by atoms with van der Waals surface area (Å²) in [6.45, 7) is 3.64. The van der Waals surface area contributed by atoms with E-state index in [-0.39, 0.29) is 0 Å². The van der Waals surface area contributed by atoms with Crippen LogP contribution in [0.25, 0.3) is 0 Å². The third kappa shape index (κ3) is 5.36. The van der Waals surface area contributed by atoms with Crippen LogP contribution in [0.15, 0.2) is 59.1 Å². The lowest BCUT2D eigenvalue weighted by molar-refractivity contribution is 0.217. The van der Waals surface area contributed by atoms with Crippen molar-refractivity contribution in [2.24, 2.45) is 0 Å². The van der Waals surface area contributed by atoms with Crippen molar-refractivity contribution in [1.29, 1.82) is 0 Å². The van der Waals surface area contributed by atoms with Crippen molar-refractivity contribution in [1.82, 2.24) is 4.90 Å². The highest BCUT2D eigenvalue weighted by atomic mass is 79.9. The number of hydrogen-bond acceptors (Lipinski definition) is 2. The van der Waals surface area contributed by atoms with Crippen LogP contribution in [0.3, 0.4) is 0 Å². The zero-order chi connectivity index (χ0) is 15.9. The molecule has 0 aromatic heterocycles. The van der Waals surface area contributed by atoms with Crippen LogP contribution in [0.5, 0.6) is 0 Å². The van der Waals surface area contributed by atoms with Crippen molar-refractivity contribution in [3.63, 3.8) is 0 Å². The van der Waals surface area contributed by atoms with Gasteiger partial charge < -0.3 is 10.2 Å². The van der Waals surface area contributed by atoms with Crippen LogP contribution in [0, 0.1) is 0 Å². The van der Waals surface area contributed by atoms with Crippen LogP contribution in [-0.4, -0.2) is 30.6 Å². The molecule has 2 aromatic rings. The van der Waals surface area contributed by atoms with Crippen LogP contribution in [-0.2, 0) is 6.42 Å². The maximum Gasteiger partial charge on any atom is 0.0353 e. The highest BCUT2D eigenvalue weighted by Gasteiger charge is 2.18. The third-order valence-electron chi connectivity index (χ3n) is 4.57. The lowest BCUT2D eigenvalue weighted by atomic mass is 10.0. The standard InChI is InChI=1S/C20H25BrN2/c21-18-9-4-10-20(16-18)22-19-11-14-23(15-12-19)13-5-8-17-6-2-1-3-7-17/h1-4,6-7,9-10,16,19,22H,5,8,11-15H2. The van der Waals surface area contributed by atoms with Gasteiger partial charge in [0.2, 0.25) is 0 Å². The molecule has 1 N–H and O–H groups in total. The Morgan fingerprint density at radius 2 is 1.78 bits per heavy atom. The maximum atomic E-state index is 3.67. The summed E-state index contributed by atoms with van der Waals surface area (Å²) in [5.41, 5.74) is 2.68. The zero-order valence-electron chi connectivity index (χ0n) is 13.5. The number of anilines is 1. The van der Waals surface area contributed by atoms with E-state index in [4.69, 9.17) is 0 Å². The first kappa shape index (κ1) is 16.5. The lowest BCUT2D eigenvalue weighted by Gasteiger charge is -2.33. The van der Waals surface area contributed by atoms with Gasteiger partial charge >= 0.3 is 0 Å². The molecular formula is C20H25BrN2. The Morgan fingerprint density at radius 3 is 2.52 bits per heavy atom. The minimum Gasteiger partial charge on any atom is -0.382 e. The number of piperidine rings is 1. The van der Waals surface area contributed by atoms with Gasteiger partial charge in [0.1, 0.15) is 0 Å². The normalized spacial score (nSPS) is 16.4. The van der Waals surface area contributed by atoms with Crippen LogP contribution in [0.1, 0.15) is 24.8 Å². The van der Waals surface area contributed by atoms with Crippen LogP contribution >= 0.6 is 15.9 Å². The topological polar surface area (TPSA) is 15.3 Å². The summed E-state index contributed by atoms with van der Waals surface area (Å²) >= 11 is 3.54. The summed E-state index contributed by atoms with van der Waals surface area (Å²) in [6.07, 6.45) is 4.92. The van der Waals surface area contributed by atoms with Gasteiger partial charge in [-0.15, -0.1) is 0 Å². The molecule has 1 saturated heterocycles. The van der Waals surface area contributed by atoms with Gasteiger partial charge in [-0.25, -0.2) is 0 Å². The van der Waals surface area contributed by atoms with E-state index in [2.05, 4.69) is 80.7 Å². The quantitative estimate of drug-likeness (QED) is 0.770.